The third-order valence-electron chi connectivity index (χ3n) is 9.07. The molecule has 242 valence electrons. The molecule has 1 spiro atoms. The molecule has 0 saturated carbocycles. The second kappa shape index (κ2) is 13.0. The van der Waals surface area contributed by atoms with E-state index in [4.69, 9.17) is 9.47 Å². The highest BCUT2D eigenvalue weighted by Crippen LogP contribution is 2.60. The van der Waals surface area contributed by atoms with Gasteiger partial charge in [0.2, 0.25) is 17.7 Å². The maximum atomic E-state index is 14.6. The molecule has 3 unspecified atom stereocenters. The van der Waals surface area contributed by atoms with Gasteiger partial charge in [-0.25, -0.2) is 4.68 Å². The zero-order valence-electron chi connectivity index (χ0n) is 25.6. The van der Waals surface area contributed by atoms with Crippen molar-refractivity contribution in [2.75, 3.05) is 37.7 Å². The van der Waals surface area contributed by atoms with Crippen LogP contribution in [-0.2, 0) is 25.8 Å². The fourth-order valence-electron chi connectivity index (χ4n) is 7.29. The van der Waals surface area contributed by atoms with E-state index in [-0.39, 0.29) is 55.5 Å². The van der Waals surface area contributed by atoms with Crippen molar-refractivity contribution in [3.05, 3.63) is 73.8 Å². The molecular weight excluding hydrogens is 656 g/mol. The van der Waals surface area contributed by atoms with Crippen LogP contribution in [0.5, 0.6) is 5.75 Å². The number of hydrogen-bond acceptors (Lipinski definition) is 8. The Morgan fingerprint density at radius 1 is 1.15 bits per heavy atom. The minimum Gasteiger partial charge on any atom is -0.494 e. The van der Waals surface area contributed by atoms with Crippen LogP contribution in [0.3, 0.4) is 0 Å². The number of aliphatic hydroxyl groups is 1. The Morgan fingerprint density at radius 2 is 1.89 bits per heavy atom. The van der Waals surface area contributed by atoms with Gasteiger partial charge in [-0.1, -0.05) is 45.4 Å². The van der Waals surface area contributed by atoms with Crippen molar-refractivity contribution in [3.63, 3.8) is 0 Å². The maximum absolute atomic E-state index is 14.6. The van der Waals surface area contributed by atoms with Gasteiger partial charge in [-0.3, -0.25) is 14.4 Å². The minimum atomic E-state index is -1.29. The smallest absolute Gasteiger partial charge is 0.250 e. The first-order valence-corrected chi connectivity index (χ1v) is 16.3. The molecule has 2 aromatic carbocycles. The molecule has 3 amide bonds. The molecule has 3 fully saturated rings. The van der Waals surface area contributed by atoms with Gasteiger partial charge in [-0.05, 0) is 49.7 Å². The highest BCUT2D eigenvalue weighted by Gasteiger charge is 2.77. The van der Waals surface area contributed by atoms with E-state index in [0.29, 0.717) is 30.0 Å². The summed E-state index contributed by atoms with van der Waals surface area (Å²) in [4.78, 5) is 47.6. The summed E-state index contributed by atoms with van der Waals surface area (Å²) in [5.74, 6) is -2.19. The van der Waals surface area contributed by atoms with Crippen LogP contribution in [0.4, 0.5) is 5.69 Å². The fourth-order valence-corrected chi connectivity index (χ4v) is 8.23. The zero-order valence-corrected chi connectivity index (χ0v) is 27.2. The van der Waals surface area contributed by atoms with E-state index in [1.807, 2.05) is 31.2 Å². The van der Waals surface area contributed by atoms with Crippen molar-refractivity contribution in [1.82, 2.24) is 24.8 Å². The molecule has 3 aliphatic heterocycles. The first-order chi connectivity index (χ1) is 22.3. The van der Waals surface area contributed by atoms with Crippen molar-refractivity contribution in [3.8, 4) is 5.75 Å². The largest absolute Gasteiger partial charge is 0.494 e. The van der Waals surface area contributed by atoms with Gasteiger partial charge in [-0.2, -0.15) is 0 Å². The molecule has 3 aliphatic rings. The summed E-state index contributed by atoms with van der Waals surface area (Å²) in [6.07, 6.45) is 2.94. The summed E-state index contributed by atoms with van der Waals surface area (Å²) in [5, 5.41) is 18.5. The molecule has 12 nitrogen and oxygen atoms in total. The van der Waals surface area contributed by atoms with E-state index in [0.717, 1.165) is 5.52 Å². The monoisotopic (exact) mass is 692 g/mol. The number of para-hydroxylation sites is 1. The highest BCUT2D eigenvalue weighted by molar-refractivity contribution is 9.09. The third-order valence-corrected chi connectivity index (χ3v) is 9.92. The second-order valence-corrected chi connectivity index (χ2v) is 12.8. The van der Waals surface area contributed by atoms with Crippen LogP contribution in [0.1, 0.15) is 13.3 Å². The lowest BCUT2D eigenvalue weighted by Gasteiger charge is -2.37. The molecule has 46 heavy (non-hydrogen) atoms. The molecule has 0 aliphatic carbocycles. The number of rotatable bonds is 13. The summed E-state index contributed by atoms with van der Waals surface area (Å²) in [6, 6.07) is 13.5. The summed E-state index contributed by atoms with van der Waals surface area (Å²) < 4.78 is 13.9. The first-order valence-electron chi connectivity index (χ1n) is 15.4. The van der Waals surface area contributed by atoms with Crippen LogP contribution in [-0.4, -0.2) is 103 Å². The number of likely N-dealkylation sites (tertiary alicyclic amines) is 1. The van der Waals surface area contributed by atoms with Gasteiger partial charge < -0.3 is 29.3 Å². The Labute approximate surface area is 275 Å². The average molecular weight is 694 g/mol. The highest BCUT2D eigenvalue weighted by atomic mass is 79.9. The van der Waals surface area contributed by atoms with E-state index >= 15 is 0 Å². The molecule has 2 bridgehead atoms. The quantitative estimate of drug-likeness (QED) is 0.214. The molecule has 3 saturated heterocycles. The van der Waals surface area contributed by atoms with E-state index in [1.165, 1.54) is 4.90 Å². The predicted molar refractivity (Wildman–Crippen MR) is 174 cm³/mol. The lowest BCUT2D eigenvalue weighted by molar-refractivity contribution is -0.149. The van der Waals surface area contributed by atoms with Crippen LogP contribution in [0.25, 0.3) is 11.0 Å². The first kappa shape index (κ1) is 31.9. The van der Waals surface area contributed by atoms with Crippen molar-refractivity contribution in [2.45, 2.75) is 42.6 Å². The Kier molecular flexibility index (Phi) is 8.99. The fraction of sp³-hybridized carbons (Fsp3) is 0.424. The van der Waals surface area contributed by atoms with Crippen molar-refractivity contribution < 1.29 is 29.0 Å². The molecule has 3 aromatic rings. The SMILES string of the molecule is C=CCN(Cn1nnc2ccccc21)C(=O)C1N(CCO)C(=O)[C@@H]2[C@@H](C(=O)N(CC=C)c3ccc(OCC)cc3)[C@@H]3OC12CC3Br. The van der Waals surface area contributed by atoms with Crippen LogP contribution in [0.15, 0.2) is 73.8 Å². The van der Waals surface area contributed by atoms with E-state index in [2.05, 4.69) is 39.4 Å². The predicted octanol–water partition coefficient (Wildman–Crippen LogP) is 2.76. The number of carbonyl (C=O) groups excluding carboxylic acids is 3. The van der Waals surface area contributed by atoms with Crippen molar-refractivity contribution in [1.29, 1.82) is 0 Å². The summed E-state index contributed by atoms with van der Waals surface area (Å²) in [7, 11) is 0. The molecule has 13 heteroatoms. The molecule has 0 radical (unpaired) electrons. The normalized spacial score (nSPS) is 26.3. The zero-order chi connectivity index (χ0) is 32.6. The average Bonchev–Trinajstić information content (AvgIpc) is 3.77. The molecule has 1 N–H and O–H groups in total. The Balaban J connectivity index is 1.36. The molecule has 1 aromatic heterocycles. The lowest BCUT2D eigenvalue weighted by Crippen LogP contribution is -2.57. The van der Waals surface area contributed by atoms with Gasteiger partial charge in [0, 0.05) is 30.1 Å². The number of β-amino-alcohol motifs (C(OH)–C–C–N with tert-alkyl or cyclic N) is 1. The number of amides is 3. The molecule has 6 atom stereocenters. The minimum absolute atomic E-state index is 0.0537. The maximum Gasteiger partial charge on any atom is 0.250 e. The number of fused-ring (bicyclic) bond motifs is 2. The van der Waals surface area contributed by atoms with E-state index < -0.39 is 29.6 Å². The number of anilines is 1. The van der Waals surface area contributed by atoms with Crippen LogP contribution in [0.2, 0.25) is 0 Å². The number of aliphatic hydroxyl groups excluding tert-OH is 1. The molecule has 6 rings (SSSR count). The summed E-state index contributed by atoms with van der Waals surface area (Å²) >= 11 is 3.73. The van der Waals surface area contributed by atoms with Gasteiger partial charge in [0.15, 0.2) is 0 Å². The number of hydrogen-bond donors (Lipinski definition) is 1. The van der Waals surface area contributed by atoms with Gasteiger partial charge in [0.1, 0.15) is 29.6 Å². The number of benzene rings is 2. The second-order valence-electron chi connectivity index (χ2n) is 11.7. The van der Waals surface area contributed by atoms with Gasteiger partial charge in [0.25, 0.3) is 0 Å². The lowest BCUT2D eigenvalue weighted by atomic mass is 9.70. The van der Waals surface area contributed by atoms with Crippen molar-refractivity contribution >= 4 is 50.4 Å². The Morgan fingerprint density at radius 3 is 2.59 bits per heavy atom. The van der Waals surface area contributed by atoms with Gasteiger partial charge in [-0.15, -0.1) is 18.3 Å². The number of alkyl halides is 1. The number of carbonyl (C=O) groups is 3. The Bertz CT molecular complexity index is 1650. The number of nitrogens with zero attached hydrogens (tertiary/aromatic N) is 6. The van der Waals surface area contributed by atoms with Crippen LogP contribution in [0, 0.1) is 11.8 Å². The summed E-state index contributed by atoms with van der Waals surface area (Å²) in [6.45, 7) is 10.1. The van der Waals surface area contributed by atoms with Crippen molar-refractivity contribution in [2.24, 2.45) is 11.8 Å². The van der Waals surface area contributed by atoms with E-state index in [9.17, 15) is 19.5 Å². The topological polar surface area (TPSA) is 130 Å². The number of ether oxygens (including phenoxy) is 2. The standard InChI is InChI=1S/C33H37BrN6O6/c1-4-15-37(20-40-25-10-8-7-9-24(25)35-36-40)32(44)29-33-19-23(34)28(46-33)26(27(33)31(43)39(29)17-18-41)30(42)38(16-5-2)21-11-13-22(14-12-21)45-6-3/h4-5,7-14,23,26-29,41H,1-2,6,15-20H2,3H3/t23?,26-,27+,28-,29?,33?/m1/s1. The van der Waals surface area contributed by atoms with Crippen LogP contribution >= 0.6 is 15.9 Å². The Hall–Kier alpha value is -4.07. The number of aromatic nitrogens is 3. The van der Waals surface area contributed by atoms with E-state index in [1.54, 1.807) is 50.9 Å². The molecule has 4 heterocycles. The number of halogens is 1. The van der Waals surface area contributed by atoms with Gasteiger partial charge in [0.05, 0.1) is 36.7 Å². The molecular formula is C33H37BrN6O6. The van der Waals surface area contributed by atoms with Crippen LogP contribution < -0.4 is 9.64 Å². The van der Waals surface area contributed by atoms with Gasteiger partial charge >= 0.3 is 0 Å². The third kappa shape index (κ3) is 5.19. The summed E-state index contributed by atoms with van der Waals surface area (Å²) in [5.41, 5.74) is 0.767.